The van der Waals surface area contributed by atoms with E-state index in [1.54, 1.807) is 18.2 Å². The Labute approximate surface area is 115 Å². The first-order chi connectivity index (χ1) is 8.90. The number of benzene rings is 1. The van der Waals surface area contributed by atoms with Crippen LogP contribution in [0, 0.1) is 6.92 Å². The number of carboxylic acids is 1. The summed E-state index contributed by atoms with van der Waals surface area (Å²) in [5.41, 5.74) is 2.70. The number of rotatable bonds is 5. The van der Waals surface area contributed by atoms with E-state index in [1.807, 2.05) is 6.92 Å². The zero-order chi connectivity index (χ0) is 14.4. The molecular weight excluding hydrogens is 272 g/mol. The average molecular weight is 285 g/mol. The summed E-state index contributed by atoms with van der Waals surface area (Å²) in [7, 11) is 0. The van der Waals surface area contributed by atoms with Gasteiger partial charge in [-0.2, -0.15) is 5.10 Å². The van der Waals surface area contributed by atoms with Gasteiger partial charge in [0, 0.05) is 5.02 Å². The van der Waals surface area contributed by atoms with E-state index >= 15 is 0 Å². The van der Waals surface area contributed by atoms with Crippen molar-refractivity contribution in [3.8, 4) is 5.75 Å². The van der Waals surface area contributed by atoms with Gasteiger partial charge in [-0.05, 0) is 37.6 Å². The summed E-state index contributed by atoms with van der Waals surface area (Å²) in [4.78, 5) is 21.8. The second-order valence-electron chi connectivity index (χ2n) is 3.74. The molecule has 0 atom stereocenters. The van der Waals surface area contributed by atoms with Crippen LogP contribution < -0.4 is 10.2 Å². The predicted octanol–water partition coefficient (Wildman–Crippen LogP) is 1.60. The molecule has 0 aromatic heterocycles. The van der Waals surface area contributed by atoms with E-state index in [2.05, 4.69) is 10.5 Å². The molecule has 0 saturated carbocycles. The molecule has 0 aliphatic carbocycles. The molecule has 0 aliphatic heterocycles. The number of hydrogen-bond acceptors (Lipinski definition) is 4. The Morgan fingerprint density at radius 3 is 2.74 bits per heavy atom. The fourth-order valence-corrected chi connectivity index (χ4v) is 1.20. The van der Waals surface area contributed by atoms with Gasteiger partial charge >= 0.3 is 5.97 Å². The van der Waals surface area contributed by atoms with Crippen LogP contribution in [0.4, 0.5) is 0 Å². The first-order valence-corrected chi connectivity index (χ1v) is 5.73. The summed E-state index contributed by atoms with van der Waals surface area (Å²) in [6.45, 7) is 2.82. The fraction of sp³-hybridized carbons (Fsp3) is 0.250. The molecule has 1 amide bonds. The Hall–Kier alpha value is -2.08. The predicted molar refractivity (Wildman–Crippen MR) is 70.6 cm³/mol. The zero-order valence-electron chi connectivity index (χ0n) is 10.4. The van der Waals surface area contributed by atoms with Gasteiger partial charge in [-0.1, -0.05) is 11.6 Å². The molecule has 0 aliphatic rings. The normalized spacial score (nSPS) is 11.0. The number of aliphatic carboxylic acids is 1. The molecule has 6 nitrogen and oxygen atoms in total. The number of carboxylic acid groups (broad SMARTS) is 1. The van der Waals surface area contributed by atoms with Gasteiger partial charge in [0.05, 0.1) is 0 Å². The number of amides is 1. The topological polar surface area (TPSA) is 88.0 Å². The molecule has 0 unspecified atom stereocenters. The number of carbonyl (C=O) groups is 2. The Bertz CT molecular complexity index is 528. The van der Waals surface area contributed by atoms with Crippen molar-refractivity contribution >= 4 is 29.2 Å². The number of nitrogens with one attached hydrogen (secondary N) is 1. The van der Waals surface area contributed by atoms with E-state index in [-0.39, 0.29) is 12.3 Å². The van der Waals surface area contributed by atoms with E-state index in [0.717, 1.165) is 5.56 Å². The van der Waals surface area contributed by atoms with Crippen molar-refractivity contribution in [1.29, 1.82) is 0 Å². The quantitative estimate of drug-likeness (QED) is 0.635. The number of nitrogens with zero attached hydrogens (tertiary/aromatic N) is 1. The van der Waals surface area contributed by atoms with Crippen LogP contribution in [0.1, 0.15) is 12.5 Å². The van der Waals surface area contributed by atoms with Crippen LogP contribution >= 0.6 is 11.6 Å². The standard InChI is InChI=1S/C12H13ClN2O4/c1-7-5-9(3-4-10(7)13)19-6-11(16)15-14-8(2)12(17)18/h3-5H,6H2,1-2H3,(H,15,16)(H,17,18)/b14-8+. The Kier molecular flexibility index (Phi) is 5.32. The van der Waals surface area contributed by atoms with E-state index in [0.29, 0.717) is 10.8 Å². The van der Waals surface area contributed by atoms with Crippen LogP contribution in [0.15, 0.2) is 23.3 Å². The third-order valence-electron chi connectivity index (χ3n) is 2.16. The van der Waals surface area contributed by atoms with Crippen LogP contribution in [-0.2, 0) is 9.59 Å². The van der Waals surface area contributed by atoms with Crippen LogP contribution in [0.3, 0.4) is 0 Å². The van der Waals surface area contributed by atoms with E-state index in [1.165, 1.54) is 6.92 Å². The molecule has 0 radical (unpaired) electrons. The minimum Gasteiger partial charge on any atom is -0.484 e. The fourth-order valence-electron chi connectivity index (χ4n) is 1.08. The highest BCUT2D eigenvalue weighted by atomic mass is 35.5. The lowest BCUT2D eigenvalue weighted by Crippen LogP contribution is -2.26. The van der Waals surface area contributed by atoms with Crippen molar-refractivity contribution in [2.75, 3.05) is 6.61 Å². The number of hydrazone groups is 1. The van der Waals surface area contributed by atoms with Crippen molar-refractivity contribution in [2.45, 2.75) is 13.8 Å². The van der Waals surface area contributed by atoms with E-state index in [4.69, 9.17) is 21.4 Å². The minimum atomic E-state index is -1.20. The van der Waals surface area contributed by atoms with E-state index < -0.39 is 11.9 Å². The zero-order valence-corrected chi connectivity index (χ0v) is 11.2. The average Bonchev–Trinajstić information content (AvgIpc) is 2.37. The molecule has 0 bridgehead atoms. The van der Waals surface area contributed by atoms with Gasteiger partial charge in [0.25, 0.3) is 5.91 Å². The molecular formula is C12H13ClN2O4. The molecule has 0 saturated heterocycles. The second kappa shape index (κ2) is 6.75. The summed E-state index contributed by atoms with van der Waals surface area (Å²) in [6, 6.07) is 4.99. The Morgan fingerprint density at radius 1 is 1.47 bits per heavy atom. The lowest BCUT2D eigenvalue weighted by Gasteiger charge is -2.06. The smallest absolute Gasteiger partial charge is 0.351 e. The molecule has 7 heteroatoms. The molecule has 2 N–H and O–H groups in total. The highest BCUT2D eigenvalue weighted by Gasteiger charge is 2.05. The van der Waals surface area contributed by atoms with Crippen molar-refractivity contribution in [3.05, 3.63) is 28.8 Å². The molecule has 0 heterocycles. The summed E-state index contributed by atoms with van der Waals surface area (Å²) in [6.07, 6.45) is 0. The largest absolute Gasteiger partial charge is 0.484 e. The Balaban J connectivity index is 2.48. The molecule has 1 rings (SSSR count). The van der Waals surface area contributed by atoms with Crippen molar-refractivity contribution < 1.29 is 19.4 Å². The van der Waals surface area contributed by atoms with Gasteiger partial charge in [-0.3, -0.25) is 4.79 Å². The molecule has 0 spiro atoms. The first kappa shape index (κ1) is 15.0. The molecule has 19 heavy (non-hydrogen) atoms. The SMILES string of the molecule is C/C(=N\NC(=O)COc1ccc(Cl)c(C)c1)C(=O)O. The first-order valence-electron chi connectivity index (χ1n) is 5.35. The number of ether oxygens (including phenoxy) is 1. The highest BCUT2D eigenvalue weighted by Crippen LogP contribution is 2.20. The van der Waals surface area contributed by atoms with Crippen LogP contribution in [0.2, 0.25) is 5.02 Å². The van der Waals surface area contributed by atoms with Crippen LogP contribution in [0.25, 0.3) is 0 Å². The van der Waals surface area contributed by atoms with Gasteiger partial charge in [-0.15, -0.1) is 0 Å². The Morgan fingerprint density at radius 2 is 2.16 bits per heavy atom. The summed E-state index contributed by atoms with van der Waals surface area (Å²) >= 11 is 5.85. The maximum Gasteiger partial charge on any atom is 0.351 e. The maximum absolute atomic E-state index is 11.3. The second-order valence-corrected chi connectivity index (χ2v) is 4.14. The van der Waals surface area contributed by atoms with Gasteiger partial charge < -0.3 is 9.84 Å². The van der Waals surface area contributed by atoms with E-state index in [9.17, 15) is 9.59 Å². The third-order valence-corrected chi connectivity index (χ3v) is 2.58. The monoisotopic (exact) mass is 284 g/mol. The van der Waals surface area contributed by atoms with Crippen molar-refractivity contribution in [1.82, 2.24) is 5.43 Å². The van der Waals surface area contributed by atoms with Crippen molar-refractivity contribution in [3.63, 3.8) is 0 Å². The molecule has 102 valence electrons. The highest BCUT2D eigenvalue weighted by molar-refractivity contribution is 6.34. The summed E-state index contributed by atoms with van der Waals surface area (Å²) < 4.78 is 5.21. The van der Waals surface area contributed by atoms with Gasteiger partial charge in [0.2, 0.25) is 0 Å². The number of halogens is 1. The molecule has 1 aromatic carbocycles. The van der Waals surface area contributed by atoms with Gasteiger partial charge in [0.15, 0.2) is 6.61 Å². The number of aryl methyl sites for hydroxylation is 1. The van der Waals surface area contributed by atoms with Crippen LogP contribution in [0.5, 0.6) is 5.75 Å². The molecule has 1 aromatic rings. The molecule has 0 fully saturated rings. The van der Waals surface area contributed by atoms with Crippen molar-refractivity contribution in [2.24, 2.45) is 5.10 Å². The number of hydrogen-bond donors (Lipinski definition) is 2. The maximum atomic E-state index is 11.3. The summed E-state index contributed by atoms with van der Waals surface area (Å²) in [5.74, 6) is -1.25. The lowest BCUT2D eigenvalue weighted by atomic mass is 10.2. The van der Waals surface area contributed by atoms with Crippen LogP contribution in [-0.4, -0.2) is 29.3 Å². The number of carbonyl (C=O) groups excluding carboxylic acids is 1. The van der Waals surface area contributed by atoms with Gasteiger partial charge in [0.1, 0.15) is 11.5 Å². The summed E-state index contributed by atoms with van der Waals surface area (Å²) in [5, 5.41) is 12.5. The minimum absolute atomic E-state index is 0.212. The lowest BCUT2D eigenvalue weighted by molar-refractivity contribution is -0.129. The van der Waals surface area contributed by atoms with Gasteiger partial charge in [-0.25, -0.2) is 10.2 Å². The third kappa shape index (κ3) is 4.97.